The van der Waals surface area contributed by atoms with Crippen molar-refractivity contribution in [2.24, 2.45) is 0 Å². The quantitative estimate of drug-likeness (QED) is 0.849. The molecule has 0 spiro atoms. The third kappa shape index (κ3) is 5.19. The molecule has 0 aliphatic carbocycles. The Morgan fingerprint density at radius 2 is 2.14 bits per heavy atom. The molecule has 1 heterocycles. The number of hydrogen-bond acceptors (Lipinski definition) is 4. The number of hydrogen-bond donors (Lipinski definition) is 1. The third-order valence-electron chi connectivity index (χ3n) is 3.18. The Morgan fingerprint density at radius 3 is 2.81 bits per heavy atom. The third-order valence-corrected chi connectivity index (χ3v) is 3.82. The Labute approximate surface area is 129 Å². The van der Waals surface area contributed by atoms with Crippen LogP contribution in [0.5, 0.6) is 0 Å². The lowest BCUT2D eigenvalue weighted by atomic mass is 10.1. The zero-order valence-corrected chi connectivity index (χ0v) is 13.6. The van der Waals surface area contributed by atoms with E-state index in [0.717, 1.165) is 29.9 Å². The second-order valence-electron chi connectivity index (χ2n) is 5.61. The van der Waals surface area contributed by atoms with Crippen LogP contribution in [0.15, 0.2) is 29.1 Å². The van der Waals surface area contributed by atoms with E-state index < -0.39 is 0 Å². The molecule has 1 aromatic heterocycles. The van der Waals surface area contributed by atoms with E-state index in [1.165, 1.54) is 0 Å². The van der Waals surface area contributed by atoms with Gasteiger partial charge in [0.15, 0.2) is 0 Å². The molecule has 114 valence electrons. The summed E-state index contributed by atoms with van der Waals surface area (Å²) in [5.74, 6) is -0.145. The van der Waals surface area contributed by atoms with Gasteiger partial charge in [-0.15, -0.1) is 11.3 Å². The molecule has 2 rings (SSSR count). The van der Waals surface area contributed by atoms with E-state index >= 15 is 0 Å². The van der Waals surface area contributed by atoms with E-state index in [9.17, 15) is 4.39 Å². The molecule has 0 amide bonds. The summed E-state index contributed by atoms with van der Waals surface area (Å²) in [6, 6.07) is 5.77. The minimum Gasteiger partial charge on any atom is -0.310 e. The average Bonchev–Trinajstić information content (AvgIpc) is 2.92. The first-order valence-corrected chi connectivity index (χ1v) is 8.05. The van der Waals surface area contributed by atoms with Crippen LogP contribution >= 0.6 is 11.3 Å². The molecule has 0 atom stereocenters. The lowest BCUT2D eigenvalue weighted by Gasteiger charge is -2.17. The number of rotatable bonds is 7. The van der Waals surface area contributed by atoms with Crippen molar-refractivity contribution in [3.8, 4) is 0 Å². The summed E-state index contributed by atoms with van der Waals surface area (Å²) in [6.45, 7) is 6.29. The Morgan fingerprint density at radius 1 is 1.33 bits per heavy atom. The molecule has 0 aliphatic heterocycles. The van der Waals surface area contributed by atoms with Gasteiger partial charge in [0.05, 0.1) is 11.2 Å². The molecule has 0 unspecified atom stereocenters. The van der Waals surface area contributed by atoms with Gasteiger partial charge in [0, 0.05) is 36.6 Å². The van der Waals surface area contributed by atoms with Crippen molar-refractivity contribution in [3.63, 3.8) is 0 Å². The van der Waals surface area contributed by atoms with Crippen LogP contribution < -0.4 is 5.32 Å². The second-order valence-corrected chi connectivity index (χ2v) is 6.33. The number of halogens is 1. The van der Waals surface area contributed by atoms with Crippen LogP contribution in [0, 0.1) is 5.82 Å². The van der Waals surface area contributed by atoms with Gasteiger partial charge in [-0.2, -0.15) is 0 Å². The molecule has 0 radical (unpaired) electrons. The van der Waals surface area contributed by atoms with Crippen LogP contribution in [-0.4, -0.2) is 23.0 Å². The van der Waals surface area contributed by atoms with Crippen LogP contribution in [-0.2, 0) is 19.6 Å². The van der Waals surface area contributed by atoms with Crippen molar-refractivity contribution in [3.05, 3.63) is 51.7 Å². The fraction of sp³-hybridized carbons (Fsp3) is 0.438. The molecule has 2 aromatic rings. The van der Waals surface area contributed by atoms with Gasteiger partial charge in [-0.25, -0.2) is 9.37 Å². The number of nitrogens with one attached hydrogen (secondary N) is 1. The van der Waals surface area contributed by atoms with Crippen LogP contribution in [0.4, 0.5) is 4.39 Å². The predicted octanol–water partition coefficient (Wildman–Crippen LogP) is 3.41. The zero-order valence-electron chi connectivity index (χ0n) is 12.8. The maximum atomic E-state index is 13.9. The summed E-state index contributed by atoms with van der Waals surface area (Å²) in [7, 11) is 1.98. The molecule has 1 aromatic carbocycles. The van der Waals surface area contributed by atoms with Crippen molar-refractivity contribution < 1.29 is 4.39 Å². The second kappa shape index (κ2) is 7.64. The Balaban J connectivity index is 1.99. The highest BCUT2D eigenvalue weighted by Gasteiger charge is 2.09. The highest BCUT2D eigenvalue weighted by atomic mass is 32.1. The fourth-order valence-corrected chi connectivity index (χ4v) is 2.67. The van der Waals surface area contributed by atoms with Crippen molar-refractivity contribution in [1.82, 2.24) is 15.2 Å². The van der Waals surface area contributed by atoms with Crippen LogP contribution in [0.25, 0.3) is 0 Å². The zero-order chi connectivity index (χ0) is 15.2. The molecule has 0 aliphatic rings. The summed E-state index contributed by atoms with van der Waals surface area (Å²) >= 11 is 1.58. The molecule has 3 nitrogen and oxygen atoms in total. The highest BCUT2D eigenvalue weighted by molar-refractivity contribution is 7.07. The normalized spacial score (nSPS) is 11.5. The summed E-state index contributed by atoms with van der Waals surface area (Å²) in [4.78, 5) is 6.34. The van der Waals surface area contributed by atoms with Gasteiger partial charge in [-0.3, -0.25) is 4.90 Å². The first kappa shape index (κ1) is 16.1. The molecule has 21 heavy (non-hydrogen) atoms. The van der Waals surface area contributed by atoms with Gasteiger partial charge in [-0.1, -0.05) is 26.0 Å². The van der Waals surface area contributed by atoms with Crippen molar-refractivity contribution in [2.75, 3.05) is 7.05 Å². The Hall–Kier alpha value is -1.30. The number of aromatic nitrogens is 1. The molecule has 0 bridgehead atoms. The average molecular weight is 307 g/mol. The molecule has 1 N–H and O–H groups in total. The van der Waals surface area contributed by atoms with E-state index in [4.69, 9.17) is 0 Å². The van der Waals surface area contributed by atoms with E-state index in [2.05, 4.69) is 29.0 Å². The molecule has 5 heteroatoms. The van der Waals surface area contributed by atoms with Gasteiger partial charge in [0.25, 0.3) is 0 Å². The summed E-state index contributed by atoms with van der Waals surface area (Å²) < 4.78 is 13.9. The van der Waals surface area contributed by atoms with Crippen molar-refractivity contribution in [2.45, 2.75) is 39.5 Å². The molecular formula is C16H22FN3S. The number of thiazole rings is 1. The van der Waals surface area contributed by atoms with Crippen LogP contribution in [0.2, 0.25) is 0 Å². The first-order chi connectivity index (χ1) is 10.0. The van der Waals surface area contributed by atoms with Crippen molar-refractivity contribution in [1.29, 1.82) is 0 Å². The van der Waals surface area contributed by atoms with E-state index in [1.807, 2.05) is 30.1 Å². The maximum absolute atomic E-state index is 13.9. The molecule has 0 fully saturated rings. The Bertz CT molecular complexity index is 555. The standard InChI is InChI=1S/C16H22FN3S/c1-12(2)18-7-13-4-5-16(17)14(6-13)8-20(3)9-15-10-21-11-19-15/h4-6,10-12,18H,7-9H2,1-3H3. The van der Waals surface area contributed by atoms with Crippen LogP contribution in [0.1, 0.15) is 30.7 Å². The van der Waals surface area contributed by atoms with Crippen LogP contribution in [0.3, 0.4) is 0 Å². The minimum atomic E-state index is -0.145. The lowest BCUT2D eigenvalue weighted by molar-refractivity contribution is 0.310. The Kier molecular flexibility index (Phi) is 5.85. The maximum Gasteiger partial charge on any atom is 0.127 e. The van der Waals surface area contributed by atoms with E-state index in [1.54, 1.807) is 17.4 Å². The predicted molar refractivity (Wildman–Crippen MR) is 85.7 cm³/mol. The molecule has 0 saturated carbocycles. The van der Waals surface area contributed by atoms with E-state index in [0.29, 0.717) is 12.6 Å². The molecular weight excluding hydrogens is 285 g/mol. The monoisotopic (exact) mass is 307 g/mol. The summed E-state index contributed by atoms with van der Waals surface area (Å²) in [5, 5.41) is 5.38. The summed E-state index contributed by atoms with van der Waals surface area (Å²) in [5.41, 5.74) is 4.69. The van der Waals surface area contributed by atoms with Gasteiger partial charge >= 0.3 is 0 Å². The fourth-order valence-electron chi connectivity index (χ4n) is 2.12. The highest BCUT2D eigenvalue weighted by Crippen LogP contribution is 2.14. The number of nitrogens with zero attached hydrogens (tertiary/aromatic N) is 2. The van der Waals surface area contributed by atoms with Gasteiger partial charge in [0.2, 0.25) is 0 Å². The lowest BCUT2D eigenvalue weighted by Crippen LogP contribution is -2.22. The largest absolute Gasteiger partial charge is 0.310 e. The first-order valence-electron chi connectivity index (χ1n) is 7.11. The smallest absolute Gasteiger partial charge is 0.127 e. The number of benzene rings is 1. The van der Waals surface area contributed by atoms with Crippen molar-refractivity contribution >= 4 is 11.3 Å². The summed E-state index contributed by atoms with van der Waals surface area (Å²) in [6.07, 6.45) is 0. The van der Waals surface area contributed by atoms with Gasteiger partial charge < -0.3 is 5.32 Å². The minimum absolute atomic E-state index is 0.145. The molecule has 0 saturated heterocycles. The van der Waals surface area contributed by atoms with E-state index in [-0.39, 0.29) is 5.82 Å². The van der Waals surface area contributed by atoms with Gasteiger partial charge in [-0.05, 0) is 18.7 Å². The SMILES string of the molecule is CC(C)NCc1ccc(F)c(CN(C)Cc2cscn2)c1. The topological polar surface area (TPSA) is 28.2 Å². The van der Waals surface area contributed by atoms with Gasteiger partial charge in [0.1, 0.15) is 5.82 Å².